The van der Waals surface area contributed by atoms with E-state index < -0.39 is 28.5 Å². The molecular formula is C28H31Cl2N3O4S. The van der Waals surface area contributed by atoms with Gasteiger partial charge < -0.3 is 10.2 Å². The molecule has 202 valence electrons. The zero-order valence-electron chi connectivity index (χ0n) is 21.5. The highest BCUT2D eigenvalue weighted by molar-refractivity contribution is 7.92. The fourth-order valence-corrected chi connectivity index (χ4v) is 5.65. The van der Waals surface area contributed by atoms with Crippen LogP contribution in [0.25, 0.3) is 0 Å². The standard InChI is InChI=1S/C28H31Cl2N3O4S/c1-4-16-31-28(35)21(3)32(18-22-8-6-5-7-9-22)27(34)19-33(26-17-23(29)12-15-25(26)30)38(36,37)24-13-10-20(2)11-14-24/h5-15,17,21H,4,16,18-19H2,1-3H3,(H,31,35)/t21-/m1/s1. The molecular weight excluding hydrogens is 545 g/mol. The summed E-state index contributed by atoms with van der Waals surface area (Å²) in [7, 11) is -4.23. The highest BCUT2D eigenvalue weighted by Gasteiger charge is 2.33. The number of halogens is 2. The van der Waals surface area contributed by atoms with E-state index in [2.05, 4.69) is 5.32 Å². The summed E-state index contributed by atoms with van der Waals surface area (Å²) >= 11 is 12.6. The van der Waals surface area contributed by atoms with Gasteiger partial charge in [-0.2, -0.15) is 0 Å². The maximum atomic E-state index is 13.8. The second-order valence-corrected chi connectivity index (χ2v) is 11.6. The quantitative estimate of drug-likeness (QED) is 0.330. The monoisotopic (exact) mass is 575 g/mol. The van der Waals surface area contributed by atoms with E-state index in [4.69, 9.17) is 23.2 Å². The van der Waals surface area contributed by atoms with E-state index in [1.54, 1.807) is 19.1 Å². The van der Waals surface area contributed by atoms with Crippen molar-refractivity contribution in [3.63, 3.8) is 0 Å². The Bertz CT molecular complexity index is 1370. The Labute approximate surface area is 234 Å². The van der Waals surface area contributed by atoms with Crippen molar-refractivity contribution in [3.8, 4) is 0 Å². The zero-order valence-corrected chi connectivity index (χ0v) is 23.9. The Morgan fingerprint density at radius 2 is 1.63 bits per heavy atom. The Balaban J connectivity index is 2.05. The third-order valence-electron chi connectivity index (χ3n) is 5.98. The summed E-state index contributed by atoms with van der Waals surface area (Å²) in [4.78, 5) is 28.1. The van der Waals surface area contributed by atoms with Gasteiger partial charge in [-0.15, -0.1) is 0 Å². The Morgan fingerprint density at radius 1 is 0.974 bits per heavy atom. The Morgan fingerprint density at radius 3 is 2.26 bits per heavy atom. The zero-order chi connectivity index (χ0) is 27.9. The molecule has 0 fully saturated rings. The van der Waals surface area contributed by atoms with Crippen molar-refractivity contribution in [2.45, 2.75) is 44.7 Å². The molecule has 0 saturated heterocycles. The summed E-state index contributed by atoms with van der Waals surface area (Å²) in [6.45, 7) is 5.38. The van der Waals surface area contributed by atoms with Gasteiger partial charge in [0.15, 0.2) is 0 Å². The summed E-state index contributed by atoms with van der Waals surface area (Å²) in [5, 5.41) is 3.18. The minimum atomic E-state index is -4.23. The lowest BCUT2D eigenvalue weighted by atomic mass is 10.1. The molecule has 0 spiro atoms. The van der Waals surface area contributed by atoms with Crippen molar-refractivity contribution < 1.29 is 18.0 Å². The number of benzene rings is 3. The summed E-state index contributed by atoms with van der Waals surface area (Å²) in [5.41, 5.74) is 1.74. The number of anilines is 1. The van der Waals surface area contributed by atoms with E-state index in [0.717, 1.165) is 21.9 Å². The van der Waals surface area contributed by atoms with Gasteiger partial charge in [0.25, 0.3) is 10.0 Å². The molecule has 0 radical (unpaired) electrons. The van der Waals surface area contributed by atoms with Crippen molar-refractivity contribution in [1.82, 2.24) is 10.2 Å². The summed E-state index contributed by atoms with van der Waals surface area (Å²) in [5.74, 6) is -0.899. The molecule has 3 aromatic rings. The van der Waals surface area contributed by atoms with Gasteiger partial charge in [-0.1, -0.05) is 78.2 Å². The van der Waals surface area contributed by atoms with E-state index >= 15 is 0 Å². The first kappa shape index (κ1) is 29.5. The van der Waals surface area contributed by atoms with Crippen molar-refractivity contribution in [3.05, 3.63) is 94.0 Å². The van der Waals surface area contributed by atoms with Crippen LogP contribution in [0.3, 0.4) is 0 Å². The van der Waals surface area contributed by atoms with Crippen LogP contribution in [0.4, 0.5) is 5.69 Å². The van der Waals surface area contributed by atoms with Crippen molar-refractivity contribution in [2.75, 3.05) is 17.4 Å². The molecule has 0 unspecified atom stereocenters. The van der Waals surface area contributed by atoms with E-state index in [1.807, 2.05) is 44.2 Å². The van der Waals surface area contributed by atoms with Crippen LogP contribution in [0.15, 0.2) is 77.7 Å². The fraction of sp³-hybridized carbons (Fsp3) is 0.286. The second kappa shape index (κ2) is 13.1. The first-order valence-corrected chi connectivity index (χ1v) is 14.4. The van der Waals surface area contributed by atoms with Gasteiger partial charge in [-0.3, -0.25) is 13.9 Å². The SMILES string of the molecule is CCCNC(=O)[C@@H](C)N(Cc1ccccc1)C(=O)CN(c1cc(Cl)ccc1Cl)S(=O)(=O)c1ccc(C)cc1. The fourth-order valence-electron chi connectivity index (χ4n) is 3.79. The van der Waals surface area contributed by atoms with Crippen molar-refractivity contribution in [2.24, 2.45) is 0 Å². The first-order chi connectivity index (χ1) is 18.0. The topological polar surface area (TPSA) is 86.8 Å². The average molecular weight is 577 g/mol. The van der Waals surface area contributed by atoms with Crippen LogP contribution >= 0.6 is 23.2 Å². The number of carbonyl (C=O) groups excluding carboxylic acids is 2. The van der Waals surface area contributed by atoms with Crippen LogP contribution in [-0.4, -0.2) is 44.3 Å². The highest BCUT2D eigenvalue weighted by Crippen LogP contribution is 2.33. The van der Waals surface area contributed by atoms with Crippen LogP contribution in [-0.2, 0) is 26.2 Å². The normalized spacial score (nSPS) is 12.0. The molecule has 0 aromatic heterocycles. The lowest BCUT2D eigenvalue weighted by Gasteiger charge is -2.32. The van der Waals surface area contributed by atoms with Gasteiger partial charge in [0.05, 0.1) is 15.6 Å². The largest absolute Gasteiger partial charge is 0.354 e. The smallest absolute Gasteiger partial charge is 0.264 e. The number of nitrogens with zero attached hydrogens (tertiary/aromatic N) is 2. The van der Waals surface area contributed by atoms with Crippen molar-refractivity contribution in [1.29, 1.82) is 0 Å². The molecule has 38 heavy (non-hydrogen) atoms. The molecule has 0 heterocycles. The van der Waals surface area contributed by atoms with Crippen molar-refractivity contribution >= 4 is 50.7 Å². The molecule has 0 aliphatic carbocycles. The molecule has 7 nitrogen and oxygen atoms in total. The number of rotatable bonds is 11. The third-order valence-corrected chi connectivity index (χ3v) is 8.31. The maximum Gasteiger partial charge on any atom is 0.264 e. The van der Waals surface area contributed by atoms with Gasteiger partial charge in [0, 0.05) is 18.1 Å². The number of sulfonamides is 1. The third kappa shape index (κ3) is 7.28. The molecule has 3 rings (SSSR count). The van der Waals surface area contributed by atoms with Gasteiger partial charge in [-0.05, 0) is 56.2 Å². The van der Waals surface area contributed by atoms with Gasteiger partial charge in [-0.25, -0.2) is 8.42 Å². The van der Waals surface area contributed by atoms with Crippen LogP contribution < -0.4 is 9.62 Å². The molecule has 1 atom stereocenters. The molecule has 0 saturated carbocycles. The van der Waals surface area contributed by atoms with E-state index in [9.17, 15) is 18.0 Å². The summed E-state index contributed by atoms with van der Waals surface area (Å²) in [6, 6.07) is 19.1. The molecule has 0 aliphatic heterocycles. The lowest BCUT2D eigenvalue weighted by Crippen LogP contribution is -2.51. The van der Waals surface area contributed by atoms with Crippen LogP contribution in [0, 0.1) is 6.92 Å². The van der Waals surface area contributed by atoms with Crippen LogP contribution in [0.1, 0.15) is 31.4 Å². The van der Waals surface area contributed by atoms with Gasteiger partial charge >= 0.3 is 0 Å². The Kier molecular flexibility index (Phi) is 10.2. The molecule has 1 N–H and O–H groups in total. The van der Waals surface area contributed by atoms with E-state index in [-0.39, 0.29) is 33.1 Å². The van der Waals surface area contributed by atoms with Gasteiger partial charge in [0.2, 0.25) is 11.8 Å². The summed E-state index contributed by atoms with van der Waals surface area (Å²) < 4.78 is 28.6. The number of aryl methyl sites for hydroxylation is 1. The predicted molar refractivity (Wildman–Crippen MR) is 152 cm³/mol. The molecule has 2 amide bonds. The van der Waals surface area contributed by atoms with E-state index in [1.165, 1.54) is 35.2 Å². The first-order valence-electron chi connectivity index (χ1n) is 12.2. The highest BCUT2D eigenvalue weighted by atomic mass is 35.5. The lowest BCUT2D eigenvalue weighted by molar-refractivity contribution is -0.139. The molecule has 0 bridgehead atoms. The number of hydrogen-bond acceptors (Lipinski definition) is 4. The number of nitrogens with one attached hydrogen (secondary N) is 1. The predicted octanol–water partition coefficient (Wildman–Crippen LogP) is 5.44. The van der Waals surface area contributed by atoms with E-state index in [0.29, 0.717) is 6.54 Å². The Hall–Kier alpha value is -3.07. The maximum absolute atomic E-state index is 13.8. The minimum absolute atomic E-state index is 0.00436. The minimum Gasteiger partial charge on any atom is -0.354 e. The molecule has 3 aromatic carbocycles. The average Bonchev–Trinajstić information content (AvgIpc) is 2.90. The molecule has 10 heteroatoms. The number of hydrogen-bond donors (Lipinski definition) is 1. The number of amides is 2. The summed E-state index contributed by atoms with van der Waals surface area (Å²) in [6.07, 6.45) is 0.737. The van der Waals surface area contributed by atoms with Gasteiger partial charge in [0.1, 0.15) is 12.6 Å². The van der Waals surface area contributed by atoms with Crippen LogP contribution in [0.2, 0.25) is 10.0 Å². The number of carbonyl (C=O) groups is 2. The second-order valence-electron chi connectivity index (χ2n) is 8.89. The van der Waals surface area contributed by atoms with Crippen LogP contribution in [0.5, 0.6) is 0 Å². The molecule has 0 aliphatic rings.